The van der Waals surface area contributed by atoms with E-state index in [0.29, 0.717) is 17.7 Å². The number of benzene rings is 3. The first-order chi connectivity index (χ1) is 17.3. The Kier molecular flexibility index (Phi) is 5.16. The third-order valence-electron chi connectivity index (χ3n) is 7.68. The summed E-state index contributed by atoms with van der Waals surface area (Å²) in [5, 5.41) is 10.5. The molecule has 4 atom stereocenters. The number of fused-ring (bicyclic) bond motifs is 8. The highest BCUT2D eigenvalue weighted by Crippen LogP contribution is 2.63. The summed E-state index contributed by atoms with van der Waals surface area (Å²) >= 11 is 0. The predicted octanol–water partition coefficient (Wildman–Crippen LogP) is 5.23. The Hall–Kier alpha value is -4.03. The maximum Gasteiger partial charge on any atom is 0.251 e. The summed E-state index contributed by atoms with van der Waals surface area (Å²) in [5.41, 5.74) is 11.5. The van der Waals surface area contributed by atoms with Crippen LogP contribution < -0.4 is 11.1 Å². The van der Waals surface area contributed by atoms with E-state index in [0.717, 1.165) is 27.8 Å². The summed E-state index contributed by atoms with van der Waals surface area (Å²) in [4.78, 5) is 13.0. The van der Waals surface area contributed by atoms with Gasteiger partial charge < -0.3 is 15.8 Å². The molecule has 1 fully saturated rings. The van der Waals surface area contributed by atoms with Crippen LogP contribution in [0.2, 0.25) is 0 Å². The summed E-state index contributed by atoms with van der Waals surface area (Å²) in [6.45, 7) is 2.51. The summed E-state index contributed by atoms with van der Waals surface area (Å²) in [7, 11) is 0. The smallest absolute Gasteiger partial charge is 0.251 e. The number of carbonyl (C=O) groups is 1. The molecule has 0 saturated carbocycles. The average Bonchev–Trinajstić information content (AvgIpc) is 3.36. The fourth-order valence-corrected chi connectivity index (χ4v) is 5.78. The second-order valence-corrected chi connectivity index (χ2v) is 9.83. The number of amides is 1. The monoisotopic (exact) mass is 479 g/mol. The van der Waals surface area contributed by atoms with Crippen molar-refractivity contribution < 1.29 is 13.9 Å². The Bertz CT molecular complexity index is 1440. The van der Waals surface area contributed by atoms with Gasteiger partial charge in [0.2, 0.25) is 0 Å². The molecule has 1 aliphatic carbocycles. The summed E-state index contributed by atoms with van der Waals surface area (Å²) in [6, 6.07) is 19.7. The SMILES string of the molecule is CC12OC(c3cc(C(=O)NCc4ccc(C(=N)N)cc4)ccc31)C1C=C(c3ccc(F)cc3)C=CC12. The lowest BCUT2D eigenvalue weighted by Gasteiger charge is -2.34. The molecule has 4 N–H and O–H groups in total. The van der Waals surface area contributed by atoms with E-state index in [4.69, 9.17) is 15.9 Å². The van der Waals surface area contributed by atoms with E-state index in [1.165, 1.54) is 12.1 Å². The van der Waals surface area contributed by atoms with Crippen molar-refractivity contribution in [2.24, 2.45) is 17.6 Å². The van der Waals surface area contributed by atoms with Gasteiger partial charge in [-0.2, -0.15) is 0 Å². The summed E-state index contributed by atoms with van der Waals surface area (Å²) in [5.74, 6) is -0.0311. The van der Waals surface area contributed by atoms with Crippen molar-refractivity contribution in [1.29, 1.82) is 5.41 Å². The quantitative estimate of drug-likeness (QED) is 0.346. The first kappa shape index (κ1) is 22.4. The lowest BCUT2D eigenvalue weighted by atomic mass is 9.67. The fraction of sp³-hybridized carbons (Fsp3) is 0.200. The van der Waals surface area contributed by atoms with Crippen LogP contribution in [0.5, 0.6) is 0 Å². The van der Waals surface area contributed by atoms with Crippen molar-refractivity contribution in [3.05, 3.63) is 124 Å². The highest BCUT2D eigenvalue weighted by atomic mass is 19.1. The number of amidine groups is 1. The molecule has 3 aliphatic rings. The number of halogens is 1. The first-order valence-electron chi connectivity index (χ1n) is 12.0. The highest BCUT2D eigenvalue weighted by molar-refractivity contribution is 5.95. The Balaban J connectivity index is 1.23. The molecular formula is C30H26FN3O2. The van der Waals surface area contributed by atoms with E-state index >= 15 is 0 Å². The molecule has 180 valence electrons. The van der Waals surface area contributed by atoms with Gasteiger partial charge in [-0.05, 0) is 59.0 Å². The Morgan fingerprint density at radius 3 is 2.53 bits per heavy atom. The molecule has 1 amide bonds. The number of ether oxygens (including phenoxy) is 1. The van der Waals surface area contributed by atoms with Crippen molar-refractivity contribution in [2.75, 3.05) is 0 Å². The van der Waals surface area contributed by atoms with Gasteiger partial charge in [-0.25, -0.2) is 4.39 Å². The van der Waals surface area contributed by atoms with E-state index in [9.17, 15) is 9.18 Å². The largest absolute Gasteiger partial charge is 0.384 e. The van der Waals surface area contributed by atoms with Crippen LogP contribution in [-0.2, 0) is 16.9 Å². The molecule has 2 heterocycles. The Morgan fingerprint density at radius 2 is 1.81 bits per heavy atom. The summed E-state index contributed by atoms with van der Waals surface area (Å²) < 4.78 is 20.0. The van der Waals surface area contributed by atoms with Crippen molar-refractivity contribution in [2.45, 2.75) is 25.2 Å². The zero-order valence-electron chi connectivity index (χ0n) is 19.8. The van der Waals surface area contributed by atoms with Gasteiger partial charge in [-0.3, -0.25) is 10.2 Å². The van der Waals surface area contributed by atoms with Crippen LogP contribution in [-0.4, -0.2) is 11.7 Å². The minimum atomic E-state index is -0.445. The minimum absolute atomic E-state index is 0.0178. The molecule has 6 heteroatoms. The Morgan fingerprint density at radius 1 is 1.08 bits per heavy atom. The van der Waals surface area contributed by atoms with Crippen molar-refractivity contribution in [1.82, 2.24) is 5.32 Å². The number of rotatable bonds is 5. The molecule has 0 radical (unpaired) electrons. The Labute approximate surface area is 209 Å². The third kappa shape index (κ3) is 3.57. The molecule has 5 nitrogen and oxygen atoms in total. The molecule has 4 unspecified atom stereocenters. The number of nitrogens with two attached hydrogens (primary N) is 1. The van der Waals surface area contributed by atoms with Gasteiger partial charge in [0.25, 0.3) is 5.91 Å². The lowest BCUT2D eigenvalue weighted by molar-refractivity contribution is -0.0200. The number of nitrogens with one attached hydrogen (secondary N) is 2. The number of nitrogen functional groups attached to an aromatic ring is 1. The molecule has 2 bridgehead atoms. The van der Waals surface area contributed by atoms with Gasteiger partial charge in [0.15, 0.2) is 0 Å². The van der Waals surface area contributed by atoms with Crippen LogP contribution in [0.15, 0.2) is 85.0 Å². The third-order valence-corrected chi connectivity index (χ3v) is 7.68. The second kappa shape index (κ2) is 8.28. The fourth-order valence-electron chi connectivity index (χ4n) is 5.78. The zero-order valence-corrected chi connectivity index (χ0v) is 19.8. The molecule has 0 spiro atoms. The van der Waals surface area contributed by atoms with Crippen LogP contribution in [0.3, 0.4) is 0 Å². The van der Waals surface area contributed by atoms with E-state index < -0.39 is 5.60 Å². The van der Waals surface area contributed by atoms with Crippen molar-refractivity contribution in [3.63, 3.8) is 0 Å². The molecule has 36 heavy (non-hydrogen) atoms. The van der Waals surface area contributed by atoms with Gasteiger partial charge in [0, 0.05) is 29.5 Å². The molecular weight excluding hydrogens is 453 g/mol. The van der Waals surface area contributed by atoms with Gasteiger partial charge >= 0.3 is 0 Å². The standard InChI is InChI=1S/C30H26FN3O2/c1-30-25-12-8-20(18-6-10-22(31)11-7-18)14-23(25)27(36-30)24-15-21(9-13-26(24)30)29(35)34-16-17-2-4-19(5-3-17)28(32)33/h2-15,23,25,27H,16H2,1H3,(H3,32,33)(H,34,35). The highest BCUT2D eigenvalue weighted by Gasteiger charge is 2.58. The maximum atomic E-state index is 13.4. The molecule has 2 aliphatic heterocycles. The molecule has 6 rings (SSSR count). The van der Waals surface area contributed by atoms with Crippen molar-refractivity contribution >= 4 is 17.3 Å². The minimum Gasteiger partial charge on any atom is -0.384 e. The maximum absolute atomic E-state index is 13.4. The van der Waals surface area contributed by atoms with E-state index in [1.54, 1.807) is 24.3 Å². The average molecular weight is 480 g/mol. The number of allylic oxidation sites excluding steroid dienone is 2. The van der Waals surface area contributed by atoms with Gasteiger partial charge in [-0.15, -0.1) is 0 Å². The van der Waals surface area contributed by atoms with Crippen LogP contribution in [0.1, 0.15) is 51.2 Å². The van der Waals surface area contributed by atoms with Gasteiger partial charge in [0.1, 0.15) is 11.7 Å². The van der Waals surface area contributed by atoms with Crippen molar-refractivity contribution in [3.8, 4) is 0 Å². The lowest BCUT2D eigenvalue weighted by Crippen LogP contribution is -2.32. The van der Waals surface area contributed by atoms with Gasteiger partial charge in [0.05, 0.1) is 11.7 Å². The molecule has 1 saturated heterocycles. The van der Waals surface area contributed by atoms with Crippen LogP contribution in [0, 0.1) is 23.1 Å². The first-order valence-corrected chi connectivity index (χ1v) is 12.0. The normalized spacial score (nSPS) is 25.2. The van der Waals surface area contributed by atoms with E-state index in [2.05, 4.69) is 30.5 Å². The molecule has 0 aromatic heterocycles. The molecule has 3 aromatic carbocycles. The van der Waals surface area contributed by atoms with E-state index in [-0.39, 0.29) is 35.5 Å². The van der Waals surface area contributed by atoms with Crippen LogP contribution >= 0.6 is 0 Å². The van der Waals surface area contributed by atoms with E-state index in [1.807, 2.05) is 30.3 Å². The van der Waals surface area contributed by atoms with Gasteiger partial charge in [-0.1, -0.05) is 60.7 Å². The number of hydrogen-bond acceptors (Lipinski definition) is 3. The van der Waals surface area contributed by atoms with Crippen LogP contribution in [0.4, 0.5) is 4.39 Å². The second-order valence-electron chi connectivity index (χ2n) is 9.83. The topological polar surface area (TPSA) is 88.2 Å². The zero-order chi connectivity index (χ0) is 25.0. The summed E-state index contributed by atoms with van der Waals surface area (Å²) in [6.07, 6.45) is 6.41. The van der Waals surface area contributed by atoms with Crippen LogP contribution in [0.25, 0.3) is 5.57 Å². The number of hydrogen-bond donors (Lipinski definition) is 3. The molecule has 3 aromatic rings. The predicted molar refractivity (Wildman–Crippen MR) is 137 cm³/mol. The number of carbonyl (C=O) groups excluding carboxylic acids is 1.